The van der Waals surface area contributed by atoms with Crippen LogP contribution in [0.1, 0.15) is 11.1 Å². The van der Waals surface area contributed by atoms with Gasteiger partial charge >= 0.3 is 5.97 Å². The van der Waals surface area contributed by atoms with Gasteiger partial charge in [0.05, 0.1) is 6.42 Å². The van der Waals surface area contributed by atoms with E-state index in [1.807, 2.05) is 0 Å². The lowest BCUT2D eigenvalue weighted by Gasteiger charge is -2.11. The van der Waals surface area contributed by atoms with Crippen molar-refractivity contribution >= 4 is 5.97 Å². The molecule has 1 N–H and O–H groups in total. The molecule has 0 unspecified atom stereocenters. The molecule has 0 bridgehead atoms. The van der Waals surface area contributed by atoms with Crippen molar-refractivity contribution in [1.82, 2.24) is 0 Å². The van der Waals surface area contributed by atoms with Crippen molar-refractivity contribution < 1.29 is 23.4 Å². The maximum atomic E-state index is 13.4. The Hall–Kier alpha value is -2.43. The molecule has 3 nitrogen and oxygen atoms in total. The Morgan fingerprint density at radius 3 is 2.20 bits per heavy atom. The van der Waals surface area contributed by atoms with Crippen LogP contribution in [0.25, 0.3) is 0 Å². The number of carboxylic acid groups (broad SMARTS) is 1. The van der Waals surface area contributed by atoms with Crippen molar-refractivity contribution in [1.29, 1.82) is 0 Å². The normalized spacial score (nSPS) is 10.3. The summed E-state index contributed by atoms with van der Waals surface area (Å²) in [6.07, 6.45) is -0.167. The minimum Gasteiger partial charge on any atom is -0.483 e. The Labute approximate surface area is 114 Å². The summed E-state index contributed by atoms with van der Waals surface area (Å²) in [5.74, 6) is -3.02. The predicted molar refractivity (Wildman–Crippen MR) is 68.5 cm³/mol. The smallest absolute Gasteiger partial charge is 0.307 e. The van der Waals surface area contributed by atoms with Crippen LogP contribution in [0.3, 0.4) is 0 Å². The Bertz CT molecular complexity index is 606. The van der Waals surface area contributed by atoms with Gasteiger partial charge in [-0.2, -0.15) is 0 Å². The van der Waals surface area contributed by atoms with E-state index in [0.717, 1.165) is 12.1 Å². The number of aliphatic carboxylic acids is 1. The lowest BCUT2D eigenvalue weighted by molar-refractivity contribution is -0.136. The first kappa shape index (κ1) is 14.0. The van der Waals surface area contributed by atoms with Crippen LogP contribution in [-0.4, -0.2) is 11.1 Å². The molecule has 0 aliphatic heterocycles. The molecule has 2 aromatic rings. The highest BCUT2D eigenvalue weighted by atomic mass is 19.1. The van der Waals surface area contributed by atoms with E-state index in [1.54, 1.807) is 24.3 Å². The fraction of sp³-hybridized carbons (Fsp3) is 0.133. The fourth-order valence-corrected chi connectivity index (χ4v) is 1.80. The van der Waals surface area contributed by atoms with Crippen molar-refractivity contribution in [2.75, 3.05) is 0 Å². The van der Waals surface area contributed by atoms with Gasteiger partial charge in [-0.15, -0.1) is 0 Å². The summed E-state index contributed by atoms with van der Waals surface area (Å²) >= 11 is 0. The first-order valence-corrected chi connectivity index (χ1v) is 5.93. The molecular weight excluding hydrogens is 266 g/mol. The van der Waals surface area contributed by atoms with Crippen LogP contribution in [0.15, 0.2) is 42.5 Å². The molecule has 0 saturated heterocycles. The molecule has 0 amide bonds. The maximum absolute atomic E-state index is 13.4. The van der Waals surface area contributed by atoms with Crippen LogP contribution in [0, 0.1) is 11.6 Å². The average Bonchev–Trinajstić information content (AvgIpc) is 2.39. The van der Waals surface area contributed by atoms with Gasteiger partial charge in [0, 0.05) is 0 Å². The summed E-state index contributed by atoms with van der Waals surface area (Å²) in [5.41, 5.74) is 1.13. The topological polar surface area (TPSA) is 46.5 Å². The van der Waals surface area contributed by atoms with Crippen molar-refractivity contribution in [2.24, 2.45) is 0 Å². The number of carboxylic acids is 1. The zero-order chi connectivity index (χ0) is 14.5. The highest BCUT2D eigenvalue weighted by Gasteiger charge is 2.12. The molecule has 104 valence electrons. The molecule has 0 aliphatic carbocycles. The largest absolute Gasteiger partial charge is 0.483 e. The lowest BCUT2D eigenvalue weighted by Crippen LogP contribution is -2.06. The number of ether oxygens (including phenoxy) is 1. The number of rotatable bonds is 5. The van der Waals surface area contributed by atoms with E-state index in [0.29, 0.717) is 11.1 Å². The SMILES string of the molecule is O=C(O)Cc1ccccc1COc1c(F)cccc1F. The van der Waals surface area contributed by atoms with Gasteiger partial charge in [0.25, 0.3) is 0 Å². The summed E-state index contributed by atoms with van der Waals surface area (Å²) in [6.45, 7) is -0.0959. The number of benzene rings is 2. The molecule has 0 atom stereocenters. The van der Waals surface area contributed by atoms with Crippen molar-refractivity contribution in [3.05, 3.63) is 65.2 Å². The second-order valence-electron chi connectivity index (χ2n) is 4.18. The van der Waals surface area contributed by atoms with Gasteiger partial charge in [-0.3, -0.25) is 4.79 Å². The Morgan fingerprint density at radius 2 is 1.60 bits per heavy atom. The summed E-state index contributed by atoms with van der Waals surface area (Å²) in [5, 5.41) is 8.80. The maximum Gasteiger partial charge on any atom is 0.307 e. The summed E-state index contributed by atoms with van der Waals surface area (Å²) in [7, 11) is 0. The zero-order valence-electron chi connectivity index (χ0n) is 10.5. The Balaban J connectivity index is 2.17. The van der Waals surface area contributed by atoms with E-state index in [1.165, 1.54) is 6.07 Å². The van der Waals surface area contributed by atoms with Gasteiger partial charge in [0.15, 0.2) is 17.4 Å². The van der Waals surface area contributed by atoms with Crippen LogP contribution in [-0.2, 0) is 17.8 Å². The Kier molecular flexibility index (Phi) is 4.30. The molecular formula is C15H12F2O3. The van der Waals surface area contributed by atoms with Crippen molar-refractivity contribution in [2.45, 2.75) is 13.0 Å². The second-order valence-corrected chi connectivity index (χ2v) is 4.18. The third kappa shape index (κ3) is 3.32. The highest BCUT2D eigenvalue weighted by molar-refractivity contribution is 5.70. The van der Waals surface area contributed by atoms with Gasteiger partial charge in [0.1, 0.15) is 6.61 Å². The van der Waals surface area contributed by atoms with Crippen LogP contribution < -0.4 is 4.74 Å². The van der Waals surface area contributed by atoms with E-state index in [2.05, 4.69) is 0 Å². The van der Waals surface area contributed by atoms with Crippen LogP contribution in [0.2, 0.25) is 0 Å². The van der Waals surface area contributed by atoms with Crippen LogP contribution in [0.5, 0.6) is 5.75 Å². The number of carbonyl (C=O) groups is 1. The molecule has 2 rings (SSSR count). The molecule has 0 aliphatic rings. The number of para-hydroxylation sites is 1. The third-order valence-electron chi connectivity index (χ3n) is 2.75. The zero-order valence-corrected chi connectivity index (χ0v) is 10.5. The summed E-state index contributed by atoms with van der Waals surface area (Å²) in [4.78, 5) is 10.7. The van der Waals surface area contributed by atoms with Gasteiger partial charge in [0.2, 0.25) is 0 Å². The highest BCUT2D eigenvalue weighted by Crippen LogP contribution is 2.22. The van der Waals surface area contributed by atoms with Crippen molar-refractivity contribution in [3.8, 4) is 5.75 Å². The van der Waals surface area contributed by atoms with Crippen LogP contribution in [0.4, 0.5) is 8.78 Å². The minimum atomic E-state index is -0.977. The van der Waals surface area contributed by atoms with E-state index in [4.69, 9.17) is 9.84 Å². The van der Waals surface area contributed by atoms with Gasteiger partial charge in [-0.1, -0.05) is 30.3 Å². The third-order valence-corrected chi connectivity index (χ3v) is 2.75. The molecule has 0 radical (unpaired) electrons. The molecule has 0 saturated carbocycles. The number of halogens is 2. The Morgan fingerprint density at radius 1 is 1.00 bits per heavy atom. The quantitative estimate of drug-likeness (QED) is 0.913. The minimum absolute atomic E-state index is 0.0959. The lowest BCUT2D eigenvalue weighted by atomic mass is 10.1. The van der Waals surface area contributed by atoms with E-state index in [9.17, 15) is 13.6 Å². The van der Waals surface area contributed by atoms with E-state index < -0.39 is 23.4 Å². The number of hydrogen-bond donors (Lipinski definition) is 1. The molecule has 2 aromatic carbocycles. The monoisotopic (exact) mass is 278 g/mol. The van der Waals surface area contributed by atoms with Gasteiger partial charge in [-0.05, 0) is 23.3 Å². The molecule has 0 heterocycles. The summed E-state index contributed by atoms with van der Waals surface area (Å²) in [6, 6.07) is 10.2. The predicted octanol–water partition coefficient (Wildman–Crippen LogP) is 3.17. The standard InChI is InChI=1S/C15H12F2O3/c16-12-6-3-7-13(17)15(12)20-9-11-5-2-1-4-10(11)8-14(18)19/h1-7H,8-9H2,(H,18,19). The molecule has 5 heteroatoms. The first-order valence-electron chi connectivity index (χ1n) is 5.93. The van der Waals surface area contributed by atoms with Gasteiger partial charge < -0.3 is 9.84 Å². The molecule has 0 fully saturated rings. The second kappa shape index (κ2) is 6.14. The van der Waals surface area contributed by atoms with E-state index >= 15 is 0 Å². The van der Waals surface area contributed by atoms with Gasteiger partial charge in [-0.25, -0.2) is 8.78 Å². The van der Waals surface area contributed by atoms with Crippen LogP contribution >= 0.6 is 0 Å². The molecule has 0 aromatic heterocycles. The number of hydrogen-bond acceptors (Lipinski definition) is 2. The fourth-order valence-electron chi connectivity index (χ4n) is 1.80. The first-order chi connectivity index (χ1) is 9.58. The molecule has 20 heavy (non-hydrogen) atoms. The van der Waals surface area contributed by atoms with E-state index in [-0.39, 0.29) is 13.0 Å². The molecule has 0 spiro atoms. The summed E-state index contributed by atoms with van der Waals surface area (Å²) < 4.78 is 31.9. The van der Waals surface area contributed by atoms with Crippen molar-refractivity contribution in [3.63, 3.8) is 0 Å². The average molecular weight is 278 g/mol.